The highest BCUT2D eigenvalue weighted by molar-refractivity contribution is 5.77. The number of hydrogen-bond donors (Lipinski definition) is 1. The Kier molecular flexibility index (Phi) is 4.43. The molecule has 1 saturated heterocycles. The van der Waals surface area contributed by atoms with E-state index in [-0.39, 0.29) is 6.10 Å². The molecule has 4 nitrogen and oxygen atoms in total. The molecule has 104 valence electrons. The molecule has 1 N–H and O–H groups in total. The lowest BCUT2D eigenvalue weighted by molar-refractivity contribution is -0.144. The third kappa shape index (κ3) is 3.07. The number of aryl methyl sites for hydroxylation is 1. The van der Waals surface area contributed by atoms with Crippen molar-refractivity contribution >= 4 is 5.97 Å². The van der Waals surface area contributed by atoms with Gasteiger partial charge in [-0.05, 0) is 43.4 Å². The molecule has 0 aliphatic carbocycles. The van der Waals surface area contributed by atoms with E-state index < -0.39 is 11.9 Å². The number of methoxy groups -OCH3 is 1. The molecule has 0 saturated carbocycles. The van der Waals surface area contributed by atoms with Gasteiger partial charge in [-0.15, -0.1) is 0 Å². The fourth-order valence-corrected chi connectivity index (χ4v) is 2.64. The second-order valence-electron chi connectivity index (χ2n) is 4.95. The van der Waals surface area contributed by atoms with Gasteiger partial charge >= 0.3 is 5.97 Å². The summed E-state index contributed by atoms with van der Waals surface area (Å²) in [6.07, 6.45) is 2.63. The maximum Gasteiger partial charge on any atom is 0.313 e. The summed E-state index contributed by atoms with van der Waals surface area (Å²) in [6, 6.07) is 5.53. The van der Waals surface area contributed by atoms with Crippen LogP contribution in [0, 0.1) is 6.92 Å². The van der Waals surface area contributed by atoms with Crippen molar-refractivity contribution in [2.45, 2.75) is 38.2 Å². The second-order valence-corrected chi connectivity index (χ2v) is 4.95. The van der Waals surface area contributed by atoms with Crippen LogP contribution >= 0.6 is 0 Å². The summed E-state index contributed by atoms with van der Waals surface area (Å²) in [5, 5.41) is 9.49. The second kappa shape index (κ2) is 6.06. The van der Waals surface area contributed by atoms with Gasteiger partial charge in [0.25, 0.3) is 0 Å². The number of aliphatic carboxylic acids is 1. The molecule has 2 atom stereocenters. The Labute approximate surface area is 113 Å². The highest BCUT2D eigenvalue weighted by Crippen LogP contribution is 2.31. The summed E-state index contributed by atoms with van der Waals surface area (Å²) in [4.78, 5) is 11.6. The van der Waals surface area contributed by atoms with Gasteiger partial charge in [0, 0.05) is 6.61 Å². The average molecular weight is 264 g/mol. The number of rotatable bonds is 4. The molecule has 0 bridgehead atoms. The van der Waals surface area contributed by atoms with E-state index in [4.69, 9.17) is 9.47 Å². The van der Waals surface area contributed by atoms with Gasteiger partial charge in [0.1, 0.15) is 11.7 Å². The minimum Gasteiger partial charge on any atom is -0.496 e. The number of carboxylic acid groups (broad SMARTS) is 1. The van der Waals surface area contributed by atoms with Crippen LogP contribution in [0.4, 0.5) is 0 Å². The lowest BCUT2D eigenvalue weighted by atomic mass is 9.88. The smallest absolute Gasteiger partial charge is 0.313 e. The van der Waals surface area contributed by atoms with Crippen LogP contribution in [0.1, 0.15) is 36.3 Å². The third-order valence-electron chi connectivity index (χ3n) is 3.63. The van der Waals surface area contributed by atoms with E-state index >= 15 is 0 Å². The third-order valence-corrected chi connectivity index (χ3v) is 3.63. The van der Waals surface area contributed by atoms with Crippen molar-refractivity contribution in [1.82, 2.24) is 0 Å². The Morgan fingerprint density at radius 2 is 2.26 bits per heavy atom. The molecule has 2 unspecified atom stereocenters. The minimum atomic E-state index is -0.823. The highest BCUT2D eigenvalue weighted by Gasteiger charge is 2.32. The standard InChI is InChI=1S/C15H20O4/c1-10-9-11(6-7-12(10)18-2)14(15(16)17)13-5-3-4-8-19-13/h6-7,9,13-14H,3-5,8H2,1-2H3,(H,16,17). The van der Waals surface area contributed by atoms with Gasteiger partial charge in [-0.1, -0.05) is 12.1 Å². The van der Waals surface area contributed by atoms with Crippen LogP contribution in [0.15, 0.2) is 18.2 Å². The SMILES string of the molecule is COc1ccc(C(C(=O)O)C2CCCCO2)cc1C. The van der Waals surface area contributed by atoms with Crippen LogP contribution in [0.5, 0.6) is 5.75 Å². The van der Waals surface area contributed by atoms with E-state index in [9.17, 15) is 9.90 Å². The van der Waals surface area contributed by atoms with Crippen molar-refractivity contribution < 1.29 is 19.4 Å². The molecule has 19 heavy (non-hydrogen) atoms. The van der Waals surface area contributed by atoms with Gasteiger partial charge in [-0.3, -0.25) is 4.79 Å². The van der Waals surface area contributed by atoms with Crippen LogP contribution in [-0.4, -0.2) is 30.9 Å². The molecule has 1 aliphatic rings. The highest BCUT2D eigenvalue weighted by atomic mass is 16.5. The predicted octanol–water partition coefficient (Wildman–Crippen LogP) is 2.74. The minimum absolute atomic E-state index is 0.223. The zero-order chi connectivity index (χ0) is 13.8. The number of ether oxygens (including phenoxy) is 2. The Morgan fingerprint density at radius 1 is 1.47 bits per heavy atom. The van der Waals surface area contributed by atoms with Gasteiger partial charge in [0.05, 0.1) is 13.2 Å². The molecule has 1 aromatic rings. The molecule has 1 aliphatic heterocycles. The zero-order valence-corrected chi connectivity index (χ0v) is 11.4. The Bertz CT molecular complexity index is 449. The van der Waals surface area contributed by atoms with Crippen LogP contribution < -0.4 is 4.74 Å². The van der Waals surface area contributed by atoms with Gasteiger partial charge in [0.2, 0.25) is 0 Å². The summed E-state index contributed by atoms with van der Waals surface area (Å²) in [6.45, 7) is 2.58. The maximum atomic E-state index is 11.6. The predicted molar refractivity (Wildman–Crippen MR) is 71.7 cm³/mol. The zero-order valence-electron chi connectivity index (χ0n) is 11.4. The molecule has 1 heterocycles. The Hall–Kier alpha value is -1.55. The molecule has 4 heteroatoms. The van der Waals surface area contributed by atoms with Crippen LogP contribution in [0.25, 0.3) is 0 Å². The van der Waals surface area contributed by atoms with E-state index in [1.807, 2.05) is 25.1 Å². The topological polar surface area (TPSA) is 55.8 Å². The fraction of sp³-hybridized carbons (Fsp3) is 0.533. The Balaban J connectivity index is 2.28. The quantitative estimate of drug-likeness (QED) is 0.908. The summed E-state index contributed by atoms with van der Waals surface area (Å²) in [5.41, 5.74) is 1.74. The number of hydrogen-bond acceptors (Lipinski definition) is 3. The molecular weight excluding hydrogens is 244 g/mol. The molecule has 0 spiro atoms. The van der Waals surface area contributed by atoms with Crippen LogP contribution in [-0.2, 0) is 9.53 Å². The van der Waals surface area contributed by atoms with E-state index in [1.54, 1.807) is 7.11 Å². The van der Waals surface area contributed by atoms with Crippen molar-refractivity contribution in [3.8, 4) is 5.75 Å². The van der Waals surface area contributed by atoms with Crippen molar-refractivity contribution in [3.63, 3.8) is 0 Å². The van der Waals surface area contributed by atoms with Gasteiger partial charge < -0.3 is 14.6 Å². The van der Waals surface area contributed by atoms with Crippen LogP contribution in [0.3, 0.4) is 0 Å². The summed E-state index contributed by atoms with van der Waals surface area (Å²) in [7, 11) is 1.61. The van der Waals surface area contributed by atoms with Crippen molar-refractivity contribution in [1.29, 1.82) is 0 Å². The van der Waals surface area contributed by atoms with Crippen LogP contribution in [0.2, 0.25) is 0 Å². The average Bonchev–Trinajstić information content (AvgIpc) is 2.40. The lowest BCUT2D eigenvalue weighted by Gasteiger charge is -2.28. The number of carboxylic acids is 1. The molecule has 1 fully saturated rings. The van der Waals surface area contributed by atoms with E-state index in [0.29, 0.717) is 6.61 Å². The first-order valence-corrected chi connectivity index (χ1v) is 6.62. The summed E-state index contributed by atoms with van der Waals surface area (Å²) in [5.74, 6) is -0.640. The maximum absolute atomic E-state index is 11.6. The largest absolute Gasteiger partial charge is 0.496 e. The van der Waals surface area contributed by atoms with Gasteiger partial charge in [-0.25, -0.2) is 0 Å². The monoisotopic (exact) mass is 264 g/mol. The first-order valence-electron chi connectivity index (χ1n) is 6.62. The van der Waals surface area contributed by atoms with E-state index in [1.165, 1.54) is 0 Å². The van der Waals surface area contributed by atoms with E-state index in [0.717, 1.165) is 36.1 Å². The molecule has 0 aromatic heterocycles. The molecule has 0 amide bonds. The van der Waals surface area contributed by atoms with Gasteiger partial charge in [-0.2, -0.15) is 0 Å². The number of carbonyl (C=O) groups is 1. The fourth-order valence-electron chi connectivity index (χ4n) is 2.64. The summed E-state index contributed by atoms with van der Waals surface area (Å²) < 4.78 is 10.8. The van der Waals surface area contributed by atoms with E-state index in [2.05, 4.69) is 0 Å². The molecule has 1 aromatic carbocycles. The Morgan fingerprint density at radius 3 is 2.79 bits per heavy atom. The molecule has 0 radical (unpaired) electrons. The molecular formula is C15H20O4. The van der Waals surface area contributed by atoms with Crippen molar-refractivity contribution in [2.24, 2.45) is 0 Å². The van der Waals surface area contributed by atoms with Crippen molar-refractivity contribution in [3.05, 3.63) is 29.3 Å². The first kappa shape index (κ1) is 13.9. The first-order chi connectivity index (χ1) is 9.13. The summed E-state index contributed by atoms with van der Waals surface area (Å²) >= 11 is 0. The lowest BCUT2D eigenvalue weighted by Crippen LogP contribution is -2.31. The molecule has 2 rings (SSSR count). The van der Waals surface area contributed by atoms with Crippen molar-refractivity contribution in [2.75, 3.05) is 13.7 Å². The number of benzene rings is 1. The normalized spacial score (nSPS) is 20.8. The van der Waals surface area contributed by atoms with Gasteiger partial charge in [0.15, 0.2) is 0 Å².